The standard InChI is InChI=1S/C12H21N3/c1-4-15(8-10(2)3)9-12-11(13)6-5-7-14-12/h5-7,10H,4,8-9,13H2,1-3H3. The molecule has 0 saturated carbocycles. The summed E-state index contributed by atoms with van der Waals surface area (Å²) in [6.07, 6.45) is 1.80. The molecule has 0 spiro atoms. The Morgan fingerprint density at radius 2 is 2.20 bits per heavy atom. The van der Waals surface area contributed by atoms with Crippen molar-refractivity contribution in [1.82, 2.24) is 9.88 Å². The van der Waals surface area contributed by atoms with Gasteiger partial charge in [0, 0.05) is 19.3 Å². The summed E-state index contributed by atoms with van der Waals surface area (Å²) in [5.41, 5.74) is 7.64. The Balaban J connectivity index is 2.62. The van der Waals surface area contributed by atoms with Crippen molar-refractivity contribution < 1.29 is 0 Å². The highest BCUT2D eigenvalue weighted by Crippen LogP contribution is 2.11. The number of nitrogens with two attached hydrogens (primary N) is 1. The molecule has 0 unspecified atom stereocenters. The molecule has 0 aromatic carbocycles. The van der Waals surface area contributed by atoms with E-state index < -0.39 is 0 Å². The summed E-state index contributed by atoms with van der Waals surface area (Å²) in [6, 6.07) is 3.78. The molecule has 0 saturated heterocycles. The summed E-state index contributed by atoms with van der Waals surface area (Å²) in [7, 11) is 0. The Bertz CT molecular complexity index is 297. The number of hydrogen-bond donors (Lipinski definition) is 1. The van der Waals surface area contributed by atoms with E-state index in [-0.39, 0.29) is 0 Å². The zero-order valence-corrected chi connectivity index (χ0v) is 9.90. The first-order valence-corrected chi connectivity index (χ1v) is 5.55. The lowest BCUT2D eigenvalue weighted by atomic mass is 10.2. The summed E-state index contributed by atoms with van der Waals surface area (Å²) in [5.74, 6) is 0.676. The van der Waals surface area contributed by atoms with E-state index in [9.17, 15) is 0 Å². The molecule has 1 aromatic heterocycles. The van der Waals surface area contributed by atoms with Crippen LogP contribution in [-0.4, -0.2) is 23.0 Å². The fourth-order valence-electron chi connectivity index (χ4n) is 1.62. The van der Waals surface area contributed by atoms with Crippen molar-refractivity contribution in [1.29, 1.82) is 0 Å². The highest BCUT2D eigenvalue weighted by Gasteiger charge is 2.08. The van der Waals surface area contributed by atoms with Crippen LogP contribution in [0.4, 0.5) is 5.69 Å². The lowest BCUT2D eigenvalue weighted by Gasteiger charge is -2.22. The van der Waals surface area contributed by atoms with Gasteiger partial charge in [-0.1, -0.05) is 20.8 Å². The Labute approximate surface area is 92.3 Å². The molecule has 1 rings (SSSR count). The smallest absolute Gasteiger partial charge is 0.0772 e. The summed E-state index contributed by atoms with van der Waals surface area (Å²) >= 11 is 0. The van der Waals surface area contributed by atoms with Crippen LogP contribution in [-0.2, 0) is 6.54 Å². The van der Waals surface area contributed by atoms with Gasteiger partial charge in [-0.25, -0.2) is 0 Å². The second-order valence-electron chi connectivity index (χ2n) is 4.26. The fourth-order valence-corrected chi connectivity index (χ4v) is 1.62. The van der Waals surface area contributed by atoms with Crippen LogP contribution in [0.25, 0.3) is 0 Å². The lowest BCUT2D eigenvalue weighted by molar-refractivity contribution is 0.246. The number of anilines is 1. The van der Waals surface area contributed by atoms with E-state index in [4.69, 9.17) is 5.73 Å². The molecule has 1 heterocycles. The number of rotatable bonds is 5. The first kappa shape index (κ1) is 12.0. The molecule has 1 aromatic rings. The summed E-state index contributed by atoms with van der Waals surface area (Å²) in [6.45, 7) is 9.60. The monoisotopic (exact) mass is 207 g/mol. The van der Waals surface area contributed by atoms with Gasteiger partial charge in [0.1, 0.15) is 0 Å². The van der Waals surface area contributed by atoms with Gasteiger partial charge in [0.05, 0.1) is 11.4 Å². The molecule has 0 atom stereocenters. The van der Waals surface area contributed by atoms with E-state index in [1.165, 1.54) is 0 Å². The van der Waals surface area contributed by atoms with Crippen LogP contribution in [0.15, 0.2) is 18.3 Å². The van der Waals surface area contributed by atoms with Crippen LogP contribution >= 0.6 is 0 Å². The van der Waals surface area contributed by atoms with Crippen LogP contribution in [0.3, 0.4) is 0 Å². The molecule has 0 aliphatic rings. The van der Waals surface area contributed by atoms with Crippen LogP contribution in [0.1, 0.15) is 26.5 Å². The van der Waals surface area contributed by atoms with Crippen molar-refractivity contribution in [3.05, 3.63) is 24.0 Å². The second-order valence-corrected chi connectivity index (χ2v) is 4.26. The van der Waals surface area contributed by atoms with Crippen molar-refractivity contribution >= 4 is 5.69 Å². The molecule has 0 aliphatic carbocycles. The Hall–Kier alpha value is -1.09. The first-order valence-electron chi connectivity index (χ1n) is 5.55. The van der Waals surface area contributed by atoms with Gasteiger partial charge in [-0.3, -0.25) is 9.88 Å². The third-order valence-corrected chi connectivity index (χ3v) is 2.37. The molecule has 0 radical (unpaired) electrons. The normalized spacial score (nSPS) is 11.3. The van der Waals surface area contributed by atoms with Gasteiger partial charge in [-0.05, 0) is 24.6 Å². The van der Waals surface area contributed by atoms with Gasteiger partial charge >= 0.3 is 0 Å². The number of pyridine rings is 1. The van der Waals surface area contributed by atoms with Gasteiger partial charge in [-0.15, -0.1) is 0 Å². The van der Waals surface area contributed by atoms with Gasteiger partial charge in [0.15, 0.2) is 0 Å². The molecule has 0 bridgehead atoms. The van der Waals surface area contributed by atoms with Crippen molar-refractivity contribution in [3.63, 3.8) is 0 Å². The Morgan fingerprint density at radius 1 is 1.47 bits per heavy atom. The Kier molecular flexibility index (Phi) is 4.56. The summed E-state index contributed by atoms with van der Waals surface area (Å²) in [4.78, 5) is 6.67. The minimum absolute atomic E-state index is 0.676. The highest BCUT2D eigenvalue weighted by molar-refractivity contribution is 5.41. The molecular weight excluding hydrogens is 186 g/mol. The quantitative estimate of drug-likeness (QED) is 0.804. The maximum Gasteiger partial charge on any atom is 0.0772 e. The average molecular weight is 207 g/mol. The first-order chi connectivity index (χ1) is 7.13. The van der Waals surface area contributed by atoms with Crippen molar-refractivity contribution in [2.75, 3.05) is 18.8 Å². The number of nitrogens with zero attached hydrogens (tertiary/aromatic N) is 2. The van der Waals surface area contributed by atoms with E-state index in [2.05, 4.69) is 30.7 Å². The van der Waals surface area contributed by atoms with Gasteiger partial charge in [-0.2, -0.15) is 0 Å². The molecule has 2 N–H and O–H groups in total. The van der Waals surface area contributed by atoms with Crippen LogP contribution in [0, 0.1) is 5.92 Å². The van der Waals surface area contributed by atoms with Crippen LogP contribution in [0.5, 0.6) is 0 Å². The van der Waals surface area contributed by atoms with Crippen molar-refractivity contribution in [2.45, 2.75) is 27.3 Å². The molecule has 0 fully saturated rings. The minimum atomic E-state index is 0.676. The minimum Gasteiger partial charge on any atom is -0.397 e. The molecule has 3 nitrogen and oxygen atoms in total. The molecule has 15 heavy (non-hydrogen) atoms. The topological polar surface area (TPSA) is 42.2 Å². The number of nitrogen functional groups attached to an aromatic ring is 1. The van der Waals surface area contributed by atoms with E-state index in [0.29, 0.717) is 5.92 Å². The SMILES string of the molecule is CCN(Cc1ncccc1N)CC(C)C. The van der Waals surface area contributed by atoms with E-state index in [1.54, 1.807) is 6.20 Å². The van der Waals surface area contributed by atoms with Gasteiger partial charge < -0.3 is 5.73 Å². The van der Waals surface area contributed by atoms with Crippen LogP contribution < -0.4 is 5.73 Å². The van der Waals surface area contributed by atoms with E-state index >= 15 is 0 Å². The maximum atomic E-state index is 5.87. The molecular formula is C12H21N3. The number of hydrogen-bond acceptors (Lipinski definition) is 3. The predicted molar refractivity (Wildman–Crippen MR) is 64.4 cm³/mol. The predicted octanol–water partition coefficient (Wildman–Crippen LogP) is 2.14. The molecule has 0 amide bonds. The molecule has 84 valence electrons. The Morgan fingerprint density at radius 3 is 2.73 bits per heavy atom. The fraction of sp³-hybridized carbons (Fsp3) is 0.583. The zero-order chi connectivity index (χ0) is 11.3. The number of aromatic nitrogens is 1. The highest BCUT2D eigenvalue weighted by atomic mass is 15.1. The molecule has 3 heteroatoms. The van der Waals surface area contributed by atoms with E-state index in [1.807, 2.05) is 12.1 Å². The van der Waals surface area contributed by atoms with Crippen LogP contribution in [0.2, 0.25) is 0 Å². The van der Waals surface area contributed by atoms with Gasteiger partial charge in [0.2, 0.25) is 0 Å². The third kappa shape index (κ3) is 3.88. The van der Waals surface area contributed by atoms with E-state index in [0.717, 1.165) is 31.0 Å². The summed E-state index contributed by atoms with van der Waals surface area (Å²) in [5, 5.41) is 0. The van der Waals surface area contributed by atoms with Gasteiger partial charge in [0.25, 0.3) is 0 Å². The van der Waals surface area contributed by atoms with Crippen molar-refractivity contribution in [2.24, 2.45) is 5.92 Å². The zero-order valence-electron chi connectivity index (χ0n) is 9.90. The largest absolute Gasteiger partial charge is 0.397 e. The summed E-state index contributed by atoms with van der Waals surface area (Å²) < 4.78 is 0. The lowest BCUT2D eigenvalue weighted by Crippen LogP contribution is -2.27. The molecule has 0 aliphatic heterocycles. The maximum absolute atomic E-state index is 5.87. The second kappa shape index (κ2) is 5.71. The third-order valence-electron chi connectivity index (χ3n) is 2.37. The average Bonchev–Trinajstić information content (AvgIpc) is 2.19. The van der Waals surface area contributed by atoms with Crippen molar-refractivity contribution in [3.8, 4) is 0 Å².